The second-order valence-corrected chi connectivity index (χ2v) is 5.55. The maximum absolute atomic E-state index is 12.2. The number of hydrogen-bond donors (Lipinski definition) is 0. The van der Waals surface area contributed by atoms with Gasteiger partial charge >= 0.3 is 5.97 Å². The Morgan fingerprint density at radius 3 is 2.19 bits per heavy atom. The summed E-state index contributed by atoms with van der Waals surface area (Å²) in [4.78, 5) is 42.8. The number of hydroxylamine groups is 2. The second kappa shape index (κ2) is 6.25. The highest BCUT2D eigenvalue weighted by molar-refractivity contribution is 6.20. The van der Waals surface area contributed by atoms with E-state index in [4.69, 9.17) is 4.84 Å². The average Bonchev–Trinajstić information content (AvgIpc) is 3.22. The summed E-state index contributed by atoms with van der Waals surface area (Å²) < 4.78 is 0. The zero-order valence-corrected chi connectivity index (χ0v) is 13.4. The van der Waals surface area contributed by atoms with Crippen LogP contribution in [0.4, 0.5) is 0 Å². The summed E-state index contributed by atoms with van der Waals surface area (Å²) in [6.07, 6.45) is 1.21. The summed E-state index contributed by atoms with van der Waals surface area (Å²) in [7, 11) is 0. The van der Waals surface area contributed by atoms with E-state index < -0.39 is 17.8 Å². The smallest absolute Gasteiger partial charge is 0.329 e. The minimum absolute atomic E-state index is 0.209. The Labute approximate surface area is 147 Å². The lowest BCUT2D eigenvalue weighted by atomic mass is 10.1. The van der Waals surface area contributed by atoms with Crippen LogP contribution in [0.1, 0.15) is 26.4 Å². The minimum atomic E-state index is -0.778. The predicted octanol–water partition coefficient (Wildman–Crippen LogP) is 1.56. The standard InChI is InChI=1S/C18H12N4O4/c23-16(10-12-11-19-22(20-12)13-6-2-1-3-7-13)26-21-17(24)14-8-4-5-9-15(14)18(21)25/h1-9,11H,10H2. The Balaban J connectivity index is 1.45. The molecule has 3 aromatic rings. The highest BCUT2D eigenvalue weighted by Gasteiger charge is 2.38. The molecule has 2 heterocycles. The van der Waals surface area contributed by atoms with Crippen molar-refractivity contribution in [3.05, 3.63) is 77.6 Å². The molecule has 0 aliphatic carbocycles. The van der Waals surface area contributed by atoms with E-state index in [-0.39, 0.29) is 17.5 Å². The van der Waals surface area contributed by atoms with Crippen molar-refractivity contribution in [1.82, 2.24) is 20.1 Å². The number of amides is 2. The molecule has 2 amide bonds. The molecule has 0 saturated carbocycles. The number of hydrogen-bond acceptors (Lipinski definition) is 6. The Hall–Kier alpha value is -3.81. The number of aromatic nitrogens is 3. The van der Waals surface area contributed by atoms with Crippen LogP contribution in [0.25, 0.3) is 5.69 Å². The van der Waals surface area contributed by atoms with Crippen LogP contribution in [0.3, 0.4) is 0 Å². The number of fused-ring (bicyclic) bond motifs is 1. The third-order valence-corrected chi connectivity index (χ3v) is 3.80. The van der Waals surface area contributed by atoms with Gasteiger partial charge in [-0.15, -0.1) is 0 Å². The normalized spacial score (nSPS) is 13.0. The molecular weight excluding hydrogens is 336 g/mol. The first-order valence-electron chi connectivity index (χ1n) is 7.79. The van der Waals surface area contributed by atoms with Crippen molar-refractivity contribution in [2.45, 2.75) is 6.42 Å². The van der Waals surface area contributed by atoms with Crippen molar-refractivity contribution in [3.8, 4) is 5.69 Å². The summed E-state index contributed by atoms with van der Waals surface area (Å²) in [6, 6.07) is 15.5. The summed E-state index contributed by atoms with van der Waals surface area (Å²) in [5.74, 6) is -2.10. The zero-order valence-electron chi connectivity index (χ0n) is 13.4. The fourth-order valence-electron chi connectivity index (χ4n) is 2.59. The van der Waals surface area contributed by atoms with Gasteiger partial charge in [0.2, 0.25) is 0 Å². The molecule has 0 bridgehead atoms. The molecule has 0 radical (unpaired) electrons. The number of carbonyl (C=O) groups excluding carboxylic acids is 3. The Morgan fingerprint density at radius 2 is 1.54 bits per heavy atom. The maximum Gasteiger partial charge on any atom is 0.339 e. The summed E-state index contributed by atoms with van der Waals surface area (Å²) in [6.45, 7) is 0. The monoisotopic (exact) mass is 348 g/mol. The van der Waals surface area contributed by atoms with E-state index in [0.717, 1.165) is 5.69 Å². The molecule has 0 N–H and O–H groups in total. The first-order chi connectivity index (χ1) is 12.6. The fraction of sp³-hybridized carbons (Fsp3) is 0.0556. The first kappa shape index (κ1) is 15.7. The van der Waals surface area contributed by atoms with Crippen molar-refractivity contribution in [1.29, 1.82) is 0 Å². The number of rotatable bonds is 4. The summed E-state index contributed by atoms with van der Waals surface area (Å²) >= 11 is 0. The molecule has 0 saturated heterocycles. The third kappa shape index (κ3) is 2.73. The topological polar surface area (TPSA) is 94.4 Å². The molecular formula is C18H12N4O4. The molecule has 128 valence electrons. The predicted molar refractivity (Wildman–Crippen MR) is 88.1 cm³/mol. The van der Waals surface area contributed by atoms with Crippen molar-refractivity contribution in [2.24, 2.45) is 0 Å². The second-order valence-electron chi connectivity index (χ2n) is 5.55. The van der Waals surface area contributed by atoms with E-state index in [1.54, 1.807) is 12.1 Å². The van der Waals surface area contributed by atoms with Crippen molar-refractivity contribution in [2.75, 3.05) is 0 Å². The van der Waals surface area contributed by atoms with Crippen LogP contribution in [0.15, 0.2) is 60.8 Å². The molecule has 0 atom stereocenters. The van der Waals surface area contributed by atoms with E-state index in [9.17, 15) is 14.4 Å². The van der Waals surface area contributed by atoms with Crippen LogP contribution in [0.2, 0.25) is 0 Å². The molecule has 0 spiro atoms. The van der Waals surface area contributed by atoms with E-state index >= 15 is 0 Å². The average molecular weight is 348 g/mol. The van der Waals surface area contributed by atoms with Crippen LogP contribution < -0.4 is 0 Å². The van der Waals surface area contributed by atoms with Crippen LogP contribution in [-0.4, -0.2) is 37.8 Å². The van der Waals surface area contributed by atoms with Gasteiger partial charge in [-0.05, 0) is 24.3 Å². The number of carbonyl (C=O) groups is 3. The van der Waals surface area contributed by atoms with Gasteiger partial charge in [0.15, 0.2) is 0 Å². The lowest BCUT2D eigenvalue weighted by molar-refractivity contribution is -0.167. The maximum atomic E-state index is 12.2. The quantitative estimate of drug-likeness (QED) is 0.664. The molecule has 1 aliphatic rings. The minimum Gasteiger partial charge on any atom is -0.329 e. The van der Waals surface area contributed by atoms with Gasteiger partial charge < -0.3 is 4.84 Å². The zero-order chi connectivity index (χ0) is 18.1. The molecule has 26 heavy (non-hydrogen) atoms. The van der Waals surface area contributed by atoms with Gasteiger partial charge in [-0.1, -0.05) is 35.4 Å². The number of imide groups is 1. The Bertz CT molecular complexity index is 978. The molecule has 0 fully saturated rings. The Morgan fingerprint density at radius 1 is 0.923 bits per heavy atom. The van der Waals surface area contributed by atoms with E-state index in [1.807, 2.05) is 30.3 Å². The third-order valence-electron chi connectivity index (χ3n) is 3.80. The molecule has 0 unspecified atom stereocenters. The first-order valence-corrected chi connectivity index (χ1v) is 7.79. The van der Waals surface area contributed by atoms with Crippen molar-refractivity contribution >= 4 is 17.8 Å². The van der Waals surface area contributed by atoms with E-state index in [0.29, 0.717) is 10.8 Å². The van der Waals surface area contributed by atoms with Gasteiger partial charge in [-0.2, -0.15) is 15.0 Å². The molecule has 8 heteroatoms. The molecule has 4 rings (SSSR count). The van der Waals surface area contributed by atoms with Crippen molar-refractivity contribution < 1.29 is 19.2 Å². The molecule has 1 aliphatic heterocycles. The Kier molecular flexibility index (Phi) is 3.77. The highest BCUT2D eigenvalue weighted by atomic mass is 16.7. The van der Waals surface area contributed by atoms with Gasteiger partial charge in [-0.3, -0.25) is 9.59 Å². The largest absolute Gasteiger partial charge is 0.339 e. The SMILES string of the molecule is O=C(Cc1cnn(-c2ccccc2)n1)ON1C(=O)c2ccccc2C1=O. The van der Waals surface area contributed by atoms with Gasteiger partial charge in [0.1, 0.15) is 0 Å². The van der Waals surface area contributed by atoms with Crippen LogP contribution >= 0.6 is 0 Å². The number of benzene rings is 2. The van der Waals surface area contributed by atoms with Gasteiger partial charge in [0.25, 0.3) is 11.8 Å². The molecule has 2 aromatic carbocycles. The number of nitrogens with zero attached hydrogens (tertiary/aromatic N) is 4. The number of para-hydroxylation sites is 1. The summed E-state index contributed by atoms with van der Waals surface area (Å²) in [5, 5.41) is 8.75. The van der Waals surface area contributed by atoms with E-state index in [2.05, 4.69) is 10.2 Å². The molecule has 8 nitrogen and oxygen atoms in total. The van der Waals surface area contributed by atoms with E-state index in [1.165, 1.54) is 23.1 Å². The highest BCUT2D eigenvalue weighted by Crippen LogP contribution is 2.22. The van der Waals surface area contributed by atoms with Gasteiger partial charge in [-0.25, -0.2) is 4.79 Å². The fourth-order valence-corrected chi connectivity index (χ4v) is 2.59. The summed E-state index contributed by atoms with van der Waals surface area (Å²) in [5.41, 5.74) is 1.52. The van der Waals surface area contributed by atoms with Gasteiger partial charge in [0, 0.05) is 0 Å². The van der Waals surface area contributed by atoms with Crippen LogP contribution in [-0.2, 0) is 16.1 Å². The van der Waals surface area contributed by atoms with Crippen molar-refractivity contribution in [3.63, 3.8) is 0 Å². The molecule has 1 aromatic heterocycles. The van der Waals surface area contributed by atoms with Gasteiger partial charge in [0.05, 0.1) is 35.1 Å². The lowest BCUT2D eigenvalue weighted by Gasteiger charge is -2.11. The lowest BCUT2D eigenvalue weighted by Crippen LogP contribution is -2.33. The van der Waals surface area contributed by atoms with Crippen LogP contribution in [0.5, 0.6) is 0 Å². The van der Waals surface area contributed by atoms with Crippen LogP contribution in [0, 0.1) is 0 Å².